The number of hydrogen-bond acceptors (Lipinski definition) is 3. The van der Waals surface area contributed by atoms with Crippen LogP contribution < -0.4 is 5.73 Å². The van der Waals surface area contributed by atoms with Crippen LogP contribution in [0.15, 0.2) is 18.2 Å². The lowest BCUT2D eigenvalue weighted by Crippen LogP contribution is -1.87. The minimum atomic E-state index is 0.374. The number of halogens is 2. The van der Waals surface area contributed by atoms with Gasteiger partial charge in [-0.05, 0) is 12.1 Å². The molecular weight excluding hydrogens is 275 g/mol. The Bertz CT molecular complexity index is 549. The summed E-state index contributed by atoms with van der Waals surface area (Å²) < 4.78 is 0. The highest BCUT2D eigenvalue weighted by atomic mass is 35.5. The molecule has 1 heterocycles. The molecule has 0 unspecified atom stereocenters. The molecule has 0 atom stereocenters. The van der Waals surface area contributed by atoms with Gasteiger partial charge < -0.3 is 5.73 Å². The van der Waals surface area contributed by atoms with E-state index in [0.29, 0.717) is 21.0 Å². The van der Waals surface area contributed by atoms with Crippen LogP contribution in [0.5, 0.6) is 0 Å². The lowest BCUT2D eigenvalue weighted by Gasteiger charge is -2.01. The van der Waals surface area contributed by atoms with Crippen molar-refractivity contribution in [1.29, 1.82) is 0 Å². The average molecular weight is 287 g/mol. The average Bonchev–Trinajstić information content (AvgIpc) is 2.65. The Labute approximate surface area is 114 Å². The Balaban J connectivity index is 2.49. The molecule has 0 aliphatic heterocycles. The first-order chi connectivity index (χ1) is 7.99. The van der Waals surface area contributed by atoms with Crippen LogP contribution in [0.2, 0.25) is 10.0 Å². The van der Waals surface area contributed by atoms with Crippen LogP contribution in [-0.2, 0) is 0 Å². The summed E-state index contributed by atoms with van der Waals surface area (Å²) in [5.74, 6) is 0.374. The van der Waals surface area contributed by atoms with E-state index < -0.39 is 0 Å². The van der Waals surface area contributed by atoms with Crippen molar-refractivity contribution in [3.63, 3.8) is 0 Å². The molecule has 5 heteroatoms. The summed E-state index contributed by atoms with van der Waals surface area (Å²) in [5.41, 5.74) is 7.67. The Morgan fingerprint density at radius 3 is 2.47 bits per heavy atom. The zero-order valence-corrected chi connectivity index (χ0v) is 11.8. The van der Waals surface area contributed by atoms with E-state index in [1.807, 2.05) is 6.07 Å². The van der Waals surface area contributed by atoms with Gasteiger partial charge in [-0.2, -0.15) is 0 Å². The maximum absolute atomic E-state index is 5.99. The third-order valence-electron chi connectivity index (χ3n) is 2.36. The highest BCUT2D eigenvalue weighted by molar-refractivity contribution is 7.16. The van der Waals surface area contributed by atoms with Crippen molar-refractivity contribution in [3.05, 3.63) is 33.3 Å². The normalized spacial score (nSPS) is 11.1. The number of benzene rings is 1. The van der Waals surface area contributed by atoms with Crippen molar-refractivity contribution < 1.29 is 0 Å². The fourth-order valence-corrected chi connectivity index (χ4v) is 2.60. The minimum Gasteiger partial charge on any atom is -0.389 e. The Kier molecular flexibility index (Phi) is 3.61. The molecule has 2 N–H and O–H groups in total. The predicted molar refractivity (Wildman–Crippen MR) is 76.1 cm³/mol. The number of nitrogens with two attached hydrogens (primary N) is 1. The summed E-state index contributed by atoms with van der Waals surface area (Å²) in [4.78, 5) is 4.54. The fourth-order valence-electron chi connectivity index (χ4n) is 1.45. The van der Waals surface area contributed by atoms with Crippen LogP contribution in [-0.4, -0.2) is 4.98 Å². The molecule has 2 rings (SSSR count). The molecule has 2 nitrogen and oxygen atoms in total. The molecule has 1 aromatic heterocycles. The zero-order chi connectivity index (χ0) is 12.6. The van der Waals surface area contributed by atoms with E-state index in [1.54, 1.807) is 12.1 Å². The first kappa shape index (κ1) is 12.7. The van der Waals surface area contributed by atoms with E-state index in [2.05, 4.69) is 18.8 Å². The van der Waals surface area contributed by atoms with E-state index in [4.69, 9.17) is 28.9 Å². The van der Waals surface area contributed by atoms with Gasteiger partial charge in [0.05, 0.1) is 15.1 Å². The van der Waals surface area contributed by atoms with E-state index in [-0.39, 0.29) is 0 Å². The van der Waals surface area contributed by atoms with Crippen LogP contribution in [0, 0.1) is 0 Å². The molecule has 2 aromatic rings. The first-order valence-corrected chi connectivity index (χ1v) is 6.78. The summed E-state index contributed by atoms with van der Waals surface area (Å²) in [7, 11) is 0. The van der Waals surface area contributed by atoms with E-state index >= 15 is 0 Å². The zero-order valence-electron chi connectivity index (χ0n) is 9.50. The van der Waals surface area contributed by atoms with Gasteiger partial charge in [-0.15, -0.1) is 11.3 Å². The number of nitrogens with zero attached hydrogens (tertiary/aromatic N) is 1. The fraction of sp³-hybridized carbons (Fsp3) is 0.250. The molecule has 0 amide bonds. The van der Waals surface area contributed by atoms with Gasteiger partial charge >= 0.3 is 0 Å². The van der Waals surface area contributed by atoms with Crippen LogP contribution in [0.4, 0.5) is 5.00 Å². The second-order valence-electron chi connectivity index (χ2n) is 4.05. The van der Waals surface area contributed by atoms with Crippen molar-refractivity contribution in [2.75, 3.05) is 5.73 Å². The molecule has 17 heavy (non-hydrogen) atoms. The van der Waals surface area contributed by atoms with Crippen molar-refractivity contribution in [2.24, 2.45) is 0 Å². The van der Waals surface area contributed by atoms with Crippen LogP contribution in [0.25, 0.3) is 11.3 Å². The summed E-state index contributed by atoms with van der Waals surface area (Å²) in [6.07, 6.45) is 0. The second kappa shape index (κ2) is 4.84. The number of aromatic nitrogens is 1. The maximum Gasteiger partial charge on any atom is 0.114 e. The van der Waals surface area contributed by atoms with E-state index in [0.717, 1.165) is 16.3 Å². The molecule has 0 fully saturated rings. The van der Waals surface area contributed by atoms with Gasteiger partial charge in [-0.25, -0.2) is 4.98 Å². The van der Waals surface area contributed by atoms with Crippen molar-refractivity contribution in [1.82, 2.24) is 4.98 Å². The van der Waals surface area contributed by atoms with Crippen LogP contribution >= 0.6 is 34.5 Å². The number of thiazole rings is 1. The molecule has 0 radical (unpaired) electrons. The van der Waals surface area contributed by atoms with Gasteiger partial charge in [0.1, 0.15) is 10.7 Å². The third kappa shape index (κ3) is 2.57. The van der Waals surface area contributed by atoms with E-state index in [1.165, 1.54) is 11.3 Å². The third-order valence-corrected chi connectivity index (χ3v) is 4.28. The number of rotatable bonds is 2. The topological polar surface area (TPSA) is 38.9 Å². The van der Waals surface area contributed by atoms with Gasteiger partial charge in [0.25, 0.3) is 0 Å². The lowest BCUT2D eigenvalue weighted by molar-refractivity contribution is 0.854. The van der Waals surface area contributed by atoms with Crippen molar-refractivity contribution in [3.8, 4) is 11.3 Å². The predicted octanol–water partition coefficient (Wildman–Crippen LogP) is 4.82. The quantitative estimate of drug-likeness (QED) is 0.859. The largest absolute Gasteiger partial charge is 0.389 e. The highest BCUT2D eigenvalue weighted by Gasteiger charge is 2.13. The molecule has 1 aromatic carbocycles. The van der Waals surface area contributed by atoms with Gasteiger partial charge in [0, 0.05) is 11.5 Å². The SMILES string of the molecule is CC(C)c1nc(-c2ccc(Cl)c(Cl)c2)c(N)s1. The number of hydrogen-bond donors (Lipinski definition) is 1. The van der Waals surface area contributed by atoms with Crippen LogP contribution in [0.3, 0.4) is 0 Å². The summed E-state index contributed by atoms with van der Waals surface area (Å²) in [5, 5.41) is 2.80. The molecule has 0 aliphatic rings. The number of anilines is 1. The summed E-state index contributed by atoms with van der Waals surface area (Å²) >= 11 is 13.4. The molecule has 0 bridgehead atoms. The smallest absolute Gasteiger partial charge is 0.114 e. The Hall–Kier alpha value is -0.770. The van der Waals surface area contributed by atoms with Gasteiger partial charge in [0.15, 0.2) is 0 Å². The van der Waals surface area contributed by atoms with Crippen molar-refractivity contribution >= 4 is 39.5 Å². The molecular formula is C12H12Cl2N2S. The molecule has 0 saturated carbocycles. The second-order valence-corrected chi connectivity index (χ2v) is 5.93. The lowest BCUT2D eigenvalue weighted by atomic mass is 10.1. The molecule has 0 saturated heterocycles. The number of nitrogen functional groups attached to an aromatic ring is 1. The van der Waals surface area contributed by atoms with Crippen molar-refractivity contribution in [2.45, 2.75) is 19.8 Å². The standard InChI is InChI=1S/C12H12Cl2N2S/c1-6(2)12-16-10(11(15)17-12)7-3-4-8(13)9(14)5-7/h3-6H,15H2,1-2H3. The maximum atomic E-state index is 5.99. The van der Waals surface area contributed by atoms with Gasteiger partial charge in [-0.3, -0.25) is 0 Å². The molecule has 0 spiro atoms. The molecule has 90 valence electrons. The minimum absolute atomic E-state index is 0.374. The van der Waals surface area contributed by atoms with Crippen LogP contribution in [0.1, 0.15) is 24.8 Å². The Morgan fingerprint density at radius 1 is 1.24 bits per heavy atom. The summed E-state index contributed by atoms with van der Waals surface area (Å²) in [6.45, 7) is 4.19. The van der Waals surface area contributed by atoms with E-state index in [9.17, 15) is 0 Å². The Morgan fingerprint density at radius 2 is 1.94 bits per heavy atom. The highest BCUT2D eigenvalue weighted by Crippen LogP contribution is 2.36. The molecule has 0 aliphatic carbocycles. The monoisotopic (exact) mass is 286 g/mol. The van der Waals surface area contributed by atoms with Gasteiger partial charge in [-0.1, -0.05) is 43.1 Å². The first-order valence-electron chi connectivity index (χ1n) is 5.20. The summed E-state index contributed by atoms with van der Waals surface area (Å²) in [6, 6.07) is 5.43. The van der Waals surface area contributed by atoms with Gasteiger partial charge in [0.2, 0.25) is 0 Å².